The van der Waals surface area contributed by atoms with E-state index >= 15 is 0 Å². The first-order valence-electron chi connectivity index (χ1n) is 12.6. The molecule has 4 N–H and O–H groups in total. The molecule has 2 aliphatic rings. The van der Waals surface area contributed by atoms with Crippen LogP contribution in [0, 0.1) is 40.9 Å². The van der Waals surface area contributed by atoms with Crippen molar-refractivity contribution in [3.8, 4) is 12.1 Å². The quantitative estimate of drug-likeness (QED) is 0.287. The van der Waals surface area contributed by atoms with Crippen LogP contribution in [0.1, 0.15) is 56.5 Å². The van der Waals surface area contributed by atoms with Crippen LogP contribution in [0.5, 0.6) is 0 Å². The van der Waals surface area contributed by atoms with Crippen molar-refractivity contribution in [1.29, 1.82) is 10.5 Å². The molecule has 5 rings (SSSR count). The molecule has 0 radical (unpaired) electrons. The van der Waals surface area contributed by atoms with E-state index in [2.05, 4.69) is 64.5 Å². The van der Waals surface area contributed by atoms with Crippen LogP contribution in [0.4, 0.5) is 15.8 Å². The lowest BCUT2D eigenvalue weighted by Gasteiger charge is -2.24. The fraction of sp³-hybridized carbons (Fsp3) is 0.357. The van der Waals surface area contributed by atoms with Crippen molar-refractivity contribution < 1.29 is 4.39 Å². The largest absolute Gasteiger partial charge is 0.383 e. The predicted octanol–water partition coefficient (Wildman–Crippen LogP) is 5.44. The van der Waals surface area contributed by atoms with Crippen LogP contribution >= 0.6 is 11.6 Å². The van der Waals surface area contributed by atoms with Crippen LogP contribution in [0.25, 0.3) is 10.9 Å². The lowest BCUT2D eigenvalue weighted by Crippen LogP contribution is -2.44. The monoisotopic (exact) mass is 545 g/mol. The lowest BCUT2D eigenvalue weighted by molar-refractivity contribution is 0.217. The summed E-state index contributed by atoms with van der Waals surface area (Å²) < 4.78 is 13.9. The summed E-state index contributed by atoms with van der Waals surface area (Å²) in [5.41, 5.74) is 9.93. The summed E-state index contributed by atoms with van der Waals surface area (Å²) in [7, 11) is 0. The van der Waals surface area contributed by atoms with E-state index in [9.17, 15) is 14.9 Å². The molecule has 1 aliphatic heterocycles. The Hall–Kier alpha value is -4.12. The number of anilines is 2. The Morgan fingerprint density at radius 2 is 2.03 bits per heavy atom. The van der Waals surface area contributed by atoms with Gasteiger partial charge in [-0.1, -0.05) is 38.4 Å². The van der Waals surface area contributed by atoms with Gasteiger partial charge in [0.2, 0.25) is 5.95 Å². The maximum Gasteiger partial charge on any atom is 0.213 e. The Kier molecular flexibility index (Phi) is 6.71. The minimum absolute atomic E-state index is 0.0258. The van der Waals surface area contributed by atoms with E-state index in [-0.39, 0.29) is 5.41 Å². The summed E-state index contributed by atoms with van der Waals surface area (Å²) in [6.45, 7) is 8.71. The molecule has 1 saturated carbocycles. The van der Waals surface area contributed by atoms with Gasteiger partial charge >= 0.3 is 0 Å². The molecule has 0 bridgehead atoms. The SMILES string of the molecule is Cc1nc(F)ccc1[C@H](Nc1cc(Cl)c2ncc(C#N)c(NCC(C)(C)C)c2c1)C1=CN(C2(C#N)CC2)NN1. The van der Waals surface area contributed by atoms with Crippen LogP contribution in [-0.2, 0) is 0 Å². The van der Waals surface area contributed by atoms with E-state index < -0.39 is 17.5 Å². The number of hydrogen-bond donors (Lipinski definition) is 4. The van der Waals surface area contributed by atoms with Gasteiger partial charge in [0.1, 0.15) is 11.6 Å². The highest BCUT2D eigenvalue weighted by atomic mass is 35.5. The number of benzene rings is 1. The number of fused-ring (bicyclic) bond motifs is 1. The van der Waals surface area contributed by atoms with Crippen molar-refractivity contribution in [2.75, 3.05) is 17.2 Å². The van der Waals surface area contributed by atoms with Gasteiger partial charge in [0.05, 0.1) is 39.6 Å². The molecule has 1 atom stereocenters. The molecule has 0 spiro atoms. The summed E-state index contributed by atoms with van der Waals surface area (Å²) in [6, 6.07) is 10.8. The molecule has 0 saturated heterocycles. The van der Waals surface area contributed by atoms with Gasteiger partial charge in [-0.2, -0.15) is 14.9 Å². The zero-order valence-corrected chi connectivity index (χ0v) is 22.9. The second-order valence-electron chi connectivity index (χ2n) is 11.1. The molecule has 39 heavy (non-hydrogen) atoms. The van der Waals surface area contributed by atoms with Gasteiger partial charge in [0, 0.05) is 41.3 Å². The fourth-order valence-electron chi connectivity index (χ4n) is 4.54. The van der Waals surface area contributed by atoms with Crippen LogP contribution < -0.4 is 21.6 Å². The van der Waals surface area contributed by atoms with Crippen molar-refractivity contribution in [3.63, 3.8) is 0 Å². The van der Waals surface area contributed by atoms with Gasteiger partial charge in [-0.3, -0.25) is 9.99 Å². The van der Waals surface area contributed by atoms with Gasteiger partial charge in [0.25, 0.3) is 0 Å². The number of rotatable bonds is 7. The standard InChI is InChI=1S/C28H29ClFN9/c1-16-19(5-6-23(30)35-16)26(22-13-39(38-37-22)28(14-32)7-8-28)36-18-9-20-24(34-15-27(2,3)4)17(11-31)12-33-25(20)21(29)10-18/h5-6,9-10,12-13,26,36-38H,7-8,15H2,1-4H3,(H,33,34)/t26-/m0/s1. The third-order valence-corrected chi connectivity index (χ3v) is 7.14. The maximum absolute atomic E-state index is 13.9. The average molecular weight is 546 g/mol. The molecule has 0 amide bonds. The fourth-order valence-corrected chi connectivity index (χ4v) is 4.81. The number of hydrazine groups is 2. The number of aryl methyl sites for hydroxylation is 1. The highest BCUT2D eigenvalue weighted by molar-refractivity contribution is 6.35. The Morgan fingerprint density at radius 1 is 1.26 bits per heavy atom. The molecule has 200 valence electrons. The highest BCUT2D eigenvalue weighted by Gasteiger charge is 2.50. The van der Waals surface area contributed by atoms with Crippen LogP contribution in [0.2, 0.25) is 5.02 Å². The first-order valence-corrected chi connectivity index (χ1v) is 13.0. The Balaban J connectivity index is 1.58. The molecule has 9 nitrogen and oxygen atoms in total. The molecule has 2 aromatic heterocycles. The zero-order chi connectivity index (χ0) is 27.9. The number of nitrogens with one attached hydrogen (secondary N) is 4. The first-order chi connectivity index (χ1) is 18.5. The van der Waals surface area contributed by atoms with E-state index in [4.69, 9.17) is 11.6 Å². The molecule has 3 aromatic rings. The zero-order valence-electron chi connectivity index (χ0n) is 22.2. The van der Waals surface area contributed by atoms with Crippen LogP contribution in [-0.4, -0.2) is 27.1 Å². The lowest BCUT2D eigenvalue weighted by atomic mass is 9.96. The second kappa shape index (κ2) is 9.88. The number of pyridine rings is 2. The third kappa shape index (κ3) is 5.26. The van der Waals surface area contributed by atoms with E-state index in [0.29, 0.717) is 45.1 Å². The van der Waals surface area contributed by atoms with Gasteiger partial charge in [-0.05, 0) is 43.4 Å². The van der Waals surface area contributed by atoms with Gasteiger partial charge < -0.3 is 16.1 Å². The van der Waals surface area contributed by atoms with Gasteiger partial charge in [-0.25, -0.2) is 4.98 Å². The van der Waals surface area contributed by atoms with Crippen molar-refractivity contribution in [2.24, 2.45) is 5.41 Å². The van der Waals surface area contributed by atoms with Crippen molar-refractivity contribution in [2.45, 2.75) is 52.1 Å². The predicted molar refractivity (Wildman–Crippen MR) is 148 cm³/mol. The Morgan fingerprint density at radius 3 is 2.67 bits per heavy atom. The molecular formula is C28H29ClFN9. The number of nitrogens with zero attached hydrogens (tertiary/aromatic N) is 5. The average Bonchev–Trinajstić information content (AvgIpc) is 3.53. The maximum atomic E-state index is 13.9. The minimum atomic E-state index is -0.589. The number of hydrogen-bond acceptors (Lipinski definition) is 9. The molecular weight excluding hydrogens is 517 g/mol. The second-order valence-corrected chi connectivity index (χ2v) is 11.6. The summed E-state index contributed by atoms with van der Waals surface area (Å²) in [5.74, 6) is -0.567. The van der Waals surface area contributed by atoms with E-state index in [1.54, 1.807) is 24.1 Å². The van der Waals surface area contributed by atoms with Gasteiger partial charge in [-0.15, -0.1) is 5.53 Å². The van der Waals surface area contributed by atoms with Crippen molar-refractivity contribution >= 4 is 33.9 Å². The molecule has 3 heterocycles. The molecule has 1 aromatic carbocycles. The Labute approximate surface area is 231 Å². The van der Waals surface area contributed by atoms with Crippen molar-refractivity contribution in [3.05, 3.63) is 70.2 Å². The highest BCUT2D eigenvalue weighted by Crippen LogP contribution is 2.42. The van der Waals surface area contributed by atoms with E-state index in [1.165, 1.54) is 12.3 Å². The first kappa shape index (κ1) is 26.5. The minimum Gasteiger partial charge on any atom is -0.383 e. The van der Waals surface area contributed by atoms with Crippen LogP contribution in [0.3, 0.4) is 0 Å². The Bertz CT molecular complexity index is 1560. The van der Waals surface area contributed by atoms with Crippen LogP contribution in [0.15, 0.2) is 42.4 Å². The number of halogens is 2. The van der Waals surface area contributed by atoms with Gasteiger partial charge in [0.15, 0.2) is 0 Å². The third-order valence-electron chi connectivity index (χ3n) is 6.85. The van der Waals surface area contributed by atoms with Crippen molar-refractivity contribution in [1.82, 2.24) is 25.9 Å². The number of nitriles is 2. The summed E-state index contributed by atoms with van der Waals surface area (Å²) >= 11 is 6.71. The normalized spacial score (nSPS) is 16.6. The molecule has 1 aliphatic carbocycles. The summed E-state index contributed by atoms with van der Waals surface area (Å²) in [5, 5.41) is 29.3. The molecule has 0 unspecified atom stereocenters. The molecule has 1 fully saturated rings. The smallest absolute Gasteiger partial charge is 0.213 e. The molecule has 11 heteroatoms. The number of aromatic nitrogens is 2. The summed E-state index contributed by atoms with van der Waals surface area (Å²) in [6.07, 6.45) is 4.90. The van der Waals surface area contributed by atoms with E-state index in [0.717, 1.165) is 24.1 Å². The topological polar surface area (TPSA) is 125 Å². The van der Waals surface area contributed by atoms with E-state index in [1.807, 2.05) is 12.3 Å². The summed E-state index contributed by atoms with van der Waals surface area (Å²) in [4.78, 5) is 8.47.